The van der Waals surface area contributed by atoms with Crippen molar-refractivity contribution in [3.63, 3.8) is 0 Å². The largest absolute Gasteiger partial charge is 0.299 e. The molecule has 3 rings (SSSR count). The number of anilines is 1. The van der Waals surface area contributed by atoms with Gasteiger partial charge in [0, 0.05) is 5.54 Å². The van der Waals surface area contributed by atoms with Crippen LogP contribution in [0.4, 0.5) is 5.69 Å². The van der Waals surface area contributed by atoms with Crippen LogP contribution in [0.2, 0.25) is 0 Å². The summed E-state index contributed by atoms with van der Waals surface area (Å²) < 4.78 is 0. The molecule has 0 spiro atoms. The molecule has 2 aliphatic heterocycles. The summed E-state index contributed by atoms with van der Waals surface area (Å²) in [6.45, 7) is 10.2. The Kier molecular flexibility index (Phi) is 2.26. The summed E-state index contributed by atoms with van der Waals surface area (Å²) in [7, 11) is 0. The second kappa shape index (κ2) is 3.47. The molecule has 3 heteroatoms. The minimum absolute atomic E-state index is 0.286. The highest BCUT2D eigenvalue weighted by Gasteiger charge is 2.49. The number of ketones is 1. The molecule has 1 amide bonds. The van der Waals surface area contributed by atoms with E-state index in [1.807, 2.05) is 27.7 Å². The Bertz CT molecular complexity index is 628. The fourth-order valence-electron chi connectivity index (χ4n) is 3.66. The fourth-order valence-corrected chi connectivity index (χ4v) is 3.66. The zero-order valence-electron chi connectivity index (χ0n) is 12.1. The molecule has 0 fully saturated rings. The molecule has 0 saturated carbocycles. The minimum atomic E-state index is -0.359. The molecule has 0 aliphatic carbocycles. The second-order valence-electron chi connectivity index (χ2n) is 6.52. The van der Waals surface area contributed by atoms with Crippen molar-refractivity contribution >= 4 is 17.4 Å². The first-order valence-electron chi connectivity index (χ1n) is 6.78. The van der Waals surface area contributed by atoms with Gasteiger partial charge in [0.15, 0.2) is 0 Å². The Balaban J connectivity index is 2.42. The third kappa shape index (κ3) is 1.38. The van der Waals surface area contributed by atoms with E-state index in [9.17, 15) is 9.59 Å². The van der Waals surface area contributed by atoms with Crippen molar-refractivity contribution < 1.29 is 9.59 Å². The summed E-state index contributed by atoms with van der Waals surface area (Å²) in [6.07, 6.45) is 0.890. The number of amides is 1. The summed E-state index contributed by atoms with van der Waals surface area (Å²) in [5.41, 5.74) is 4.43. The van der Waals surface area contributed by atoms with Crippen molar-refractivity contribution in [2.24, 2.45) is 0 Å². The summed E-state index contributed by atoms with van der Waals surface area (Å²) >= 11 is 0. The van der Waals surface area contributed by atoms with Crippen molar-refractivity contribution in [3.8, 4) is 0 Å². The molecule has 1 atom stereocenters. The maximum Gasteiger partial charge on any atom is 0.299 e. The Labute approximate surface area is 113 Å². The lowest BCUT2D eigenvalue weighted by molar-refractivity contribution is -0.115. The van der Waals surface area contributed by atoms with Gasteiger partial charge in [0.2, 0.25) is 0 Å². The van der Waals surface area contributed by atoms with Crippen LogP contribution in [0.3, 0.4) is 0 Å². The van der Waals surface area contributed by atoms with Crippen molar-refractivity contribution in [3.05, 3.63) is 28.3 Å². The molecule has 0 saturated heterocycles. The summed E-state index contributed by atoms with van der Waals surface area (Å²) in [4.78, 5) is 26.4. The Morgan fingerprint density at radius 1 is 1.26 bits per heavy atom. The van der Waals surface area contributed by atoms with Crippen LogP contribution in [0.15, 0.2) is 6.07 Å². The lowest BCUT2D eigenvalue weighted by Gasteiger charge is -2.43. The highest BCUT2D eigenvalue weighted by Crippen LogP contribution is 2.49. The number of carbonyl (C=O) groups is 2. The second-order valence-corrected chi connectivity index (χ2v) is 6.52. The van der Waals surface area contributed by atoms with E-state index < -0.39 is 0 Å². The molecular formula is C16H19NO2. The summed E-state index contributed by atoms with van der Waals surface area (Å²) in [5.74, 6) is -0.320. The predicted molar refractivity (Wildman–Crippen MR) is 74.8 cm³/mol. The number of nitrogens with zero attached hydrogens (tertiary/aromatic N) is 1. The Morgan fingerprint density at radius 2 is 1.89 bits per heavy atom. The molecule has 1 aromatic rings. The zero-order chi connectivity index (χ0) is 14.1. The van der Waals surface area contributed by atoms with Gasteiger partial charge in [0.25, 0.3) is 11.7 Å². The molecule has 0 aromatic heterocycles. The SMILES string of the molecule is Cc1cc2c3c(c1C)C(=O)C(=O)N3C(C)(C)C[C@@H]2C. The van der Waals surface area contributed by atoms with Crippen molar-refractivity contribution in [1.29, 1.82) is 0 Å². The number of rotatable bonds is 0. The summed E-state index contributed by atoms with van der Waals surface area (Å²) in [6, 6.07) is 2.15. The molecular weight excluding hydrogens is 238 g/mol. The molecule has 0 bridgehead atoms. The van der Waals surface area contributed by atoms with Crippen LogP contribution in [-0.4, -0.2) is 17.2 Å². The molecule has 3 nitrogen and oxygen atoms in total. The third-order valence-corrected chi connectivity index (χ3v) is 4.64. The minimum Gasteiger partial charge on any atom is -0.299 e. The Morgan fingerprint density at radius 3 is 2.53 bits per heavy atom. The van der Waals surface area contributed by atoms with Crippen LogP contribution < -0.4 is 4.90 Å². The Hall–Kier alpha value is -1.64. The van der Waals surface area contributed by atoms with Crippen LogP contribution >= 0.6 is 0 Å². The van der Waals surface area contributed by atoms with Gasteiger partial charge in [-0.1, -0.05) is 13.0 Å². The van der Waals surface area contributed by atoms with Gasteiger partial charge in [-0.2, -0.15) is 0 Å². The van der Waals surface area contributed by atoms with Gasteiger partial charge in [-0.25, -0.2) is 0 Å². The topological polar surface area (TPSA) is 37.4 Å². The first kappa shape index (κ1) is 12.4. The van der Waals surface area contributed by atoms with Crippen LogP contribution in [0.25, 0.3) is 0 Å². The van der Waals surface area contributed by atoms with Crippen LogP contribution in [0.1, 0.15) is 60.2 Å². The van der Waals surface area contributed by atoms with E-state index >= 15 is 0 Å². The number of Topliss-reactive ketones (excluding diaryl/α,β-unsaturated/α-hetero) is 1. The van der Waals surface area contributed by atoms with Gasteiger partial charge in [0.1, 0.15) is 0 Å². The first-order valence-corrected chi connectivity index (χ1v) is 6.78. The predicted octanol–water partition coefficient (Wildman–Crippen LogP) is 3.12. The van der Waals surface area contributed by atoms with E-state index in [1.165, 1.54) is 0 Å². The van der Waals surface area contributed by atoms with Gasteiger partial charge in [0.05, 0.1) is 11.3 Å². The van der Waals surface area contributed by atoms with Crippen LogP contribution in [0, 0.1) is 13.8 Å². The lowest BCUT2D eigenvalue weighted by atomic mass is 9.79. The highest BCUT2D eigenvalue weighted by atomic mass is 16.2. The average Bonchev–Trinajstić information content (AvgIpc) is 2.56. The lowest BCUT2D eigenvalue weighted by Crippen LogP contribution is -2.50. The molecule has 0 unspecified atom stereocenters. The van der Waals surface area contributed by atoms with Crippen molar-refractivity contribution in [1.82, 2.24) is 0 Å². The first-order chi connectivity index (χ1) is 8.75. The van der Waals surface area contributed by atoms with Gasteiger partial charge < -0.3 is 0 Å². The summed E-state index contributed by atoms with van der Waals surface area (Å²) in [5, 5.41) is 0. The maximum absolute atomic E-state index is 12.3. The van der Waals surface area contributed by atoms with Crippen LogP contribution in [-0.2, 0) is 4.79 Å². The van der Waals surface area contributed by atoms with Gasteiger partial charge in [-0.05, 0) is 56.7 Å². The van der Waals surface area contributed by atoms with Gasteiger partial charge >= 0.3 is 0 Å². The zero-order valence-corrected chi connectivity index (χ0v) is 12.1. The molecule has 1 aromatic carbocycles. The van der Waals surface area contributed by atoms with Crippen LogP contribution in [0.5, 0.6) is 0 Å². The van der Waals surface area contributed by atoms with E-state index in [-0.39, 0.29) is 17.2 Å². The third-order valence-electron chi connectivity index (χ3n) is 4.64. The molecule has 0 N–H and O–H groups in total. The molecule has 2 heterocycles. The fraction of sp³-hybridized carbons (Fsp3) is 0.500. The van der Waals surface area contributed by atoms with E-state index in [2.05, 4.69) is 13.0 Å². The molecule has 0 radical (unpaired) electrons. The number of hydrogen-bond acceptors (Lipinski definition) is 2. The van der Waals surface area contributed by atoms with Crippen molar-refractivity contribution in [2.75, 3.05) is 4.90 Å². The normalized spacial score (nSPS) is 23.8. The van der Waals surface area contributed by atoms with Gasteiger partial charge in [-0.15, -0.1) is 0 Å². The molecule has 100 valence electrons. The average molecular weight is 257 g/mol. The molecule has 19 heavy (non-hydrogen) atoms. The number of carbonyl (C=O) groups excluding carboxylic acids is 2. The van der Waals surface area contributed by atoms with E-state index in [1.54, 1.807) is 4.90 Å². The van der Waals surface area contributed by atoms with E-state index in [4.69, 9.17) is 0 Å². The van der Waals surface area contributed by atoms with E-state index in [0.29, 0.717) is 11.5 Å². The standard InChI is InChI=1S/C16H19NO2/c1-8-6-11-9(2)7-16(4,5)17-13(11)12(10(8)3)14(18)15(17)19/h6,9H,7H2,1-5H3/t9-/m0/s1. The number of aryl methyl sites for hydroxylation is 1. The van der Waals surface area contributed by atoms with Crippen molar-refractivity contribution in [2.45, 2.75) is 52.5 Å². The number of hydrogen-bond donors (Lipinski definition) is 0. The smallest absolute Gasteiger partial charge is 0.299 e. The number of benzene rings is 1. The molecule has 2 aliphatic rings. The highest BCUT2D eigenvalue weighted by molar-refractivity contribution is 6.53. The maximum atomic E-state index is 12.3. The van der Waals surface area contributed by atoms with E-state index in [0.717, 1.165) is 28.8 Å². The monoisotopic (exact) mass is 257 g/mol. The van der Waals surface area contributed by atoms with Gasteiger partial charge in [-0.3, -0.25) is 14.5 Å². The quantitative estimate of drug-likeness (QED) is 0.670.